The van der Waals surface area contributed by atoms with Crippen LogP contribution in [0.3, 0.4) is 0 Å². The quantitative estimate of drug-likeness (QED) is 0.263. The fourth-order valence-corrected chi connectivity index (χ4v) is 5.40. The van der Waals surface area contributed by atoms with Gasteiger partial charge in [-0.2, -0.15) is 8.78 Å². The Morgan fingerprint density at radius 3 is 2.44 bits per heavy atom. The molecule has 2 aromatic heterocycles. The lowest BCUT2D eigenvalue weighted by molar-refractivity contribution is -0.143. The number of hydrogen-bond donors (Lipinski definition) is 0. The minimum Gasteiger partial charge on any atom is -0.434 e. The van der Waals surface area contributed by atoms with Crippen molar-refractivity contribution < 1.29 is 31.8 Å². The smallest absolute Gasteiger partial charge is 0.387 e. The van der Waals surface area contributed by atoms with Crippen LogP contribution in [-0.4, -0.2) is 74.6 Å². The molecule has 14 heteroatoms. The molecule has 1 atom stereocenters. The Hall–Kier alpha value is -4.46. The number of ether oxygens (including phenoxy) is 2. The van der Waals surface area contributed by atoms with Crippen LogP contribution in [0.2, 0.25) is 0 Å². The second-order valence-corrected chi connectivity index (χ2v) is 11.9. The number of carbonyl (C=O) groups excluding carboxylic acids is 1. The normalized spacial score (nSPS) is 15.7. The van der Waals surface area contributed by atoms with Crippen molar-refractivity contribution in [2.45, 2.75) is 52.5 Å². The first-order valence-electron chi connectivity index (χ1n) is 14.4. The van der Waals surface area contributed by atoms with Gasteiger partial charge in [0.25, 0.3) is 5.56 Å². The Kier molecular flexibility index (Phi) is 8.88. The predicted molar refractivity (Wildman–Crippen MR) is 159 cm³/mol. The molecule has 240 valence electrons. The lowest BCUT2D eigenvalue weighted by atomic mass is 10.1. The second-order valence-electron chi connectivity index (χ2n) is 11.9. The summed E-state index contributed by atoms with van der Waals surface area (Å²) in [4.78, 5) is 38.0. The van der Waals surface area contributed by atoms with Gasteiger partial charge < -0.3 is 19.3 Å². The van der Waals surface area contributed by atoms with E-state index in [0.29, 0.717) is 25.6 Å². The van der Waals surface area contributed by atoms with Crippen molar-refractivity contribution in [2.24, 2.45) is 7.05 Å². The fraction of sp³-hybridized carbons (Fsp3) is 0.419. The summed E-state index contributed by atoms with van der Waals surface area (Å²) in [6, 6.07) is 6.75. The van der Waals surface area contributed by atoms with E-state index in [4.69, 9.17) is 4.74 Å². The number of para-hydroxylation sites is 1. The van der Waals surface area contributed by atoms with Gasteiger partial charge in [-0.15, -0.1) is 0 Å². The van der Waals surface area contributed by atoms with E-state index < -0.39 is 35.0 Å². The average Bonchev–Trinajstić information content (AvgIpc) is 3.21. The van der Waals surface area contributed by atoms with Crippen LogP contribution in [0.4, 0.5) is 23.5 Å². The van der Waals surface area contributed by atoms with Crippen LogP contribution < -0.4 is 15.2 Å². The van der Waals surface area contributed by atoms with E-state index in [1.54, 1.807) is 11.0 Å². The van der Waals surface area contributed by atoms with Crippen molar-refractivity contribution in [3.8, 4) is 16.9 Å². The molecule has 0 spiro atoms. The standard InChI is InChI=1S/C31H34F4N6O4/c1-18-15-39(10-11-40(18)24(42)17-44-31(2,3)4)30-36-13-20(14-37-30)25-22(32)12-21-27(26(25)33)41(38(5)28(21)43)16-19-8-6-7-9-23(19)45-29(34)35/h6-9,12-14,18,29H,10-11,15-17H2,1-5H3/t18-/m1/s1. The van der Waals surface area contributed by atoms with E-state index in [-0.39, 0.29) is 52.9 Å². The Bertz CT molecular complexity index is 1770. The summed E-state index contributed by atoms with van der Waals surface area (Å²) in [5, 5.41) is -0.213. The molecule has 3 heterocycles. The number of piperazine rings is 1. The third-order valence-electron chi connectivity index (χ3n) is 7.63. The molecular weight excluding hydrogens is 596 g/mol. The molecule has 45 heavy (non-hydrogen) atoms. The summed E-state index contributed by atoms with van der Waals surface area (Å²) in [6.07, 6.45) is 2.60. The lowest BCUT2D eigenvalue weighted by Gasteiger charge is -2.40. The van der Waals surface area contributed by atoms with Crippen molar-refractivity contribution in [3.05, 3.63) is 70.3 Å². The summed E-state index contributed by atoms with van der Waals surface area (Å²) in [5.74, 6) is -1.92. The number of anilines is 1. The highest BCUT2D eigenvalue weighted by molar-refractivity contribution is 5.86. The predicted octanol–water partition coefficient (Wildman–Crippen LogP) is 4.58. The van der Waals surface area contributed by atoms with Crippen LogP contribution in [0.15, 0.2) is 47.5 Å². The highest BCUT2D eigenvalue weighted by atomic mass is 19.3. The van der Waals surface area contributed by atoms with Gasteiger partial charge in [-0.3, -0.25) is 19.0 Å². The van der Waals surface area contributed by atoms with Crippen LogP contribution in [0.5, 0.6) is 5.75 Å². The van der Waals surface area contributed by atoms with Crippen LogP contribution in [0.1, 0.15) is 33.3 Å². The van der Waals surface area contributed by atoms with Crippen LogP contribution in [-0.2, 0) is 23.1 Å². The van der Waals surface area contributed by atoms with E-state index in [0.717, 1.165) is 10.7 Å². The Morgan fingerprint density at radius 2 is 1.80 bits per heavy atom. The minimum atomic E-state index is -3.08. The number of benzene rings is 2. The molecule has 10 nitrogen and oxygen atoms in total. The zero-order valence-corrected chi connectivity index (χ0v) is 25.6. The number of nitrogens with zero attached hydrogens (tertiary/aromatic N) is 6. The molecule has 0 saturated carbocycles. The van der Waals surface area contributed by atoms with Crippen molar-refractivity contribution in [2.75, 3.05) is 31.1 Å². The maximum absolute atomic E-state index is 16.2. The van der Waals surface area contributed by atoms with Gasteiger partial charge in [-0.05, 0) is 39.8 Å². The molecule has 1 saturated heterocycles. The van der Waals surface area contributed by atoms with Crippen molar-refractivity contribution in [1.29, 1.82) is 0 Å². The first-order valence-corrected chi connectivity index (χ1v) is 14.4. The number of amides is 1. The first-order chi connectivity index (χ1) is 21.2. The molecule has 0 radical (unpaired) electrons. The van der Waals surface area contributed by atoms with Gasteiger partial charge in [-0.25, -0.2) is 18.7 Å². The maximum Gasteiger partial charge on any atom is 0.387 e. The summed E-state index contributed by atoms with van der Waals surface area (Å²) >= 11 is 0. The van der Waals surface area contributed by atoms with Gasteiger partial charge >= 0.3 is 6.61 Å². The monoisotopic (exact) mass is 630 g/mol. The van der Waals surface area contributed by atoms with Crippen molar-refractivity contribution in [3.63, 3.8) is 0 Å². The molecule has 0 bridgehead atoms. The topological polar surface area (TPSA) is 94.7 Å². The number of halogens is 4. The first kappa shape index (κ1) is 31.9. The number of carbonyl (C=O) groups is 1. The third kappa shape index (κ3) is 6.65. The lowest BCUT2D eigenvalue weighted by Crippen LogP contribution is -2.55. The zero-order chi connectivity index (χ0) is 32.6. The van der Waals surface area contributed by atoms with Crippen molar-refractivity contribution >= 4 is 22.8 Å². The van der Waals surface area contributed by atoms with Gasteiger partial charge in [0.05, 0.1) is 23.1 Å². The van der Waals surface area contributed by atoms with Crippen LogP contribution in [0, 0.1) is 11.6 Å². The molecule has 1 amide bonds. The average molecular weight is 631 g/mol. The van der Waals surface area contributed by atoms with Crippen LogP contribution in [0.25, 0.3) is 22.0 Å². The van der Waals surface area contributed by atoms with Gasteiger partial charge in [-0.1, -0.05) is 18.2 Å². The third-order valence-corrected chi connectivity index (χ3v) is 7.63. The van der Waals surface area contributed by atoms with Gasteiger partial charge in [0, 0.05) is 56.2 Å². The Labute approximate surface area is 256 Å². The number of hydrogen-bond acceptors (Lipinski definition) is 7. The highest BCUT2D eigenvalue weighted by Crippen LogP contribution is 2.32. The number of fused-ring (bicyclic) bond motifs is 1. The molecule has 2 aromatic carbocycles. The summed E-state index contributed by atoms with van der Waals surface area (Å²) < 4.78 is 70.1. The van der Waals surface area contributed by atoms with E-state index >= 15 is 8.78 Å². The number of rotatable bonds is 8. The minimum absolute atomic E-state index is 0.0221. The zero-order valence-electron chi connectivity index (χ0n) is 25.6. The largest absolute Gasteiger partial charge is 0.434 e. The van der Waals surface area contributed by atoms with E-state index in [1.807, 2.05) is 32.6 Å². The molecule has 0 N–H and O–H groups in total. The summed E-state index contributed by atoms with van der Waals surface area (Å²) in [5.41, 5.74) is -1.44. The van der Waals surface area contributed by atoms with Crippen LogP contribution >= 0.6 is 0 Å². The fourth-order valence-electron chi connectivity index (χ4n) is 5.40. The van der Waals surface area contributed by atoms with E-state index in [9.17, 15) is 18.4 Å². The second kappa shape index (κ2) is 12.5. The number of aromatic nitrogens is 4. The van der Waals surface area contributed by atoms with Crippen molar-refractivity contribution in [1.82, 2.24) is 24.2 Å². The molecule has 1 fully saturated rings. The van der Waals surface area contributed by atoms with Gasteiger partial charge in [0.1, 0.15) is 23.7 Å². The molecule has 0 unspecified atom stereocenters. The maximum atomic E-state index is 16.2. The molecule has 5 rings (SSSR count). The Morgan fingerprint density at radius 1 is 1.11 bits per heavy atom. The Balaban J connectivity index is 1.41. The summed E-state index contributed by atoms with van der Waals surface area (Å²) in [7, 11) is 1.37. The van der Waals surface area contributed by atoms with Gasteiger partial charge in [0.2, 0.25) is 11.9 Å². The number of alkyl halides is 2. The summed E-state index contributed by atoms with van der Waals surface area (Å²) in [6.45, 7) is 5.57. The van der Waals surface area contributed by atoms with Gasteiger partial charge in [0.15, 0.2) is 5.82 Å². The highest BCUT2D eigenvalue weighted by Gasteiger charge is 2.30. The molecule has 1 aliphatic rings. The molecule has 0 aliphatic carbocycles. The molecular formula is C31H34F4N6O4. The molecule has 1 aliphatic heterocycles. The van der Waals surface area contributed by atoms with E-state index in [2.05, 4.69) is 14.7 Å². The van der Waals surface area contributed by atoms with E-state index in [1.165, 1.54) is 42.3 Å². The molecule has 4 aromatic rings. The SMILES string of the molecule is C[C@@H]1CN(c2ncc(-c3c(F)cc4c(=O)n(C)n(Cc5ccccc5OC(F)F)c4c3F)cn2)CCN1C(=O)COC(C)(C)C.